The van der Waals surface area contributed by atoms with Gasteiger partial charge in [-0.1, -0.05) is 22.8 Å². The largest absolute Gasteiger partial charge is 0.403 e. The van der Waals surface area contributed by atoms with Crippen LogP contribution < -0.4 is 5.32 Å². The molecule has 4 nitrogen and oxygen atoms in total. The highest BCUT2D eigenvalue weighted by molar-refractivity contribution is 6.33. The Morgan fingerprint density at radius 1 is 1.40 bits per heavy atom. The Bertz CT molecular complexity index is 466. The van der Waals surface area contributed by atoms with Crippen LogP contribution >= 0.6 is 11.6 Å². The maximum absolute atomic E-state index is 13.4. The number of nitrogens with one attached hydrogen (secondary N) is 1. The molecule has 0 atom stereocenters. The summed E-state index contributed by atoms with van der Waals surface area (Å²) in [5, 5.41) is 10.2. The first-order chi connectivity index (χ1) is 7.22. The van der Waals surface area contributed by atoms with E-state index in [4.69, 9.17) is 16.0 Å². The summed E-state index contributed by atoms with van der Waals surface area (Å²) < 4.78 is 18.5. The number of aromatic nitrogens is 2. The van der Waals surface area contributed by atoms with Crippen LogP contribution in [0.25, 0.3) is 11.5 Å². The van der Waals surface area contributed by atoms with Crippen LogP contribution in [-0.4, -0.2) is 17.2 Å². The Morgan fingerprint density at radius 3 is 2.80 bits per heavy atom. The molecule has 1 N–H and O–H groups in total. The fraction of sp³-hybridized carbons (Fsp3) is 0.111. The maximum atomic E-state index is 13.4. The van der Waals surface area contributed by atoms with Crippen molar-refractivity contribution in [1.29, 1.82) is 0 Å². The van der Waals surface area contributed by atoms with Gasteiger partial charge in [0.05, 0.1) is 10.6 Å². The zero-order valence-electron chi connectivity index (χ0n) is 7.79. The Hall–Kier alpha value is -1.62. The van der Waals surface area contributed by atoms with Gasteiger partial charge in [0.25, 0.3) is 5.89 Å². The molecule has 2 aromatic rings. The first-order valence-electron chi connectivity index (χ1n) is 4.18. The molecule has 2 rings (SSSR count). The Morgan fingerprint density at radius 2 is 2.20 bits per heavy atom. The first-order valence-corrected chi connectivity index (χ1v) is 4.56. The van der Waals surface area contributed by atoms with Crippen LogP contribution in [0.5, 0.6) is 0 Å². The van der Waals surface area contributed by atoms with Crippen molar-refractivity contribution in [3.8, 4) is 11.5 Å². The molecule has 78 valence electrons. The SMILES string of the molecule is CNc1nnc(-c2c(F)cccc2Cl)o1. The number of nitrogens with zero attached hydrogens (tertiary/aromatic N) is 2. The van der Waals surface area contributed by atoms with Crippen molar-refractivity contribution in [3.05, 3.63) is 29.0 Å². The summed E-state index contributed by atoms with van der Waals surface area (Å²) in [5.41, 5.74) is 0.119. The highest BCUT2D eigenvalue weighted by atomic mass is 35.5. The Balaban J connectivity index is 2.53. The number of hydrogen-bond acceptors (Lipinski definition) is 4. The second-order valence-electron chi connectivity index (χ2n) is 2.76. The van der Waals surface area contributed by atoms with Gasteiger partial charge in [0.15, 0.2) is 0 Å². The topological polar surface area (TPSA) is 51.0 Å². The number of anilines is 1. The molecule has 0 amide bonds. The van der Waals surface area contributed by atoms with E-state index in [2.05, 4.69) is 15.5 Å². The van der Waals surface area contributed by atoms with Crippen molar-refractivity contribution < 1.29 is 8.81 Å². The summed E-state index contributed by atoms with van der Waals surface area (Å²) in [7, 11) is 1.63. The van der Waals surface area contributed by atoms with Crippen LogP contribution in [0.1, 0.15) is 0 Å². The second kappa shape index (κ2) is 3.86. The molecule has 0 spiro atoms. The number of rotatable bonds is 2. The smallest absolute Gasteiger partial charge is 0.315 e. The lowest BCUT2D eigenvalue weighted by molar-refractivity contribution is 0.571. The summed E-state index contributed by atoms with van der Waals surface area (Å²) >= 11 is 5.83. The van der Waals surface area contributed by atoms with Gasteiger partial charge in [-0.15, -0.1) is 5.10 Å². The molecule has 0 saturated heterocycles. The number of halogens is 2. The fourth-order valence-corrected chi connectivity index (χ4v) is 1.37. The second-order valence-corrected chi connectivity index (χ2v) is 3.17. The van der Waals surface area contributed by atoms with Crippen LogP contribution in [0.2, 0.25) is 5.02 Å². The molecule has 0 aliphatic rings. The highest BCUT2D eigenvalue weighted by Gasteiger charge is 2.15. The van der Waals surface area contributed by atoms with Crippen LogP contribution in [0, 0.1) is 5.82 Å². The van der Waals surface area contributed by atoms with E-state index in [0.29, 0.717) is 0 Å². The molecule has 0 fully saturated rings. The van der Waals surface area contributed by atoms with Crippen molar-refractivity contribution in [2.75, 3.05) is 12.4 Å². The van der Waals surface area contributed by atoms with E-state index in [1.165, 1.54) is 12.1 Å². The molecular formula is C9H7ClFN3O. The summed E-state index contributed by atoms with van der Waals surface area (Å²) in [4.78, 5) is 0. The lowest BCUT2D eigenvalue weighted by Crippen LogP contribution is -1.85. The van der Waals surface area contributed by atoms with Gasteiger partial charge >= 0.3 is 6.01 Å². The van der Waals surface area contributed by atoms with Gasteiger partial charge in [-0.3, -0.25) is 0 Å². The van der Waals surface area contributed by atoms with E-state index in [1.54, 1.807) is 13.1 Å². The maximum Gasteiger partial charge on any atom is 0.315 e. The van der Waals surface area contributed by atoms with Crippen molar-refractivity contribution >= 4 is 17.6 Å². The third-order valence-corrected chi connectivity index (χ3v) is 2.13. The van der Waals surface area contributed by atoms with Crippen molar-refractivity contribution in [1.82, 2.24) is 10.2 Å². The minimum Gasteiger partial charge on any atom is -0.403 e. The minimum absolute atomic E-state index is 0.0578. The van der Waals surface area contributed by atoms with Gasteiger partial charge in [-0.25, -0.2) is 4.39 Å². The number of benzene rings is 1. The molecule has 6 heteroatoms. The average Bonchev–Trinajstić information content (AvgIpc) is 2.66. The normalized spacial score (nSPS) is 10.3. The summed E-state index contributed by atoms with van der Waals surface area (Å²) in [6.45, 7) is 0. The zero-order valence-corrected chi connectivity index (χ0v) is 8.55. The Labute approximate surface area is 90.1 Å². The predicted molar refractivity (Wildman–Crippen MR) is 54.2 cm³/mol. The van der Waals surface area contributed by atoms with Gasteiger partial charge in [-0.2, -0.15) is 0 Å². The average molecular weight is 228 g/mol. The minimum atomic E-state index is -0.492. The standard InChI is InChI=1S/C9H7ClFN3O/c1-12-9-14-13-8(15-9)7-5(10)3-2-4-6(7)11/h2-4H,1H3,(H,12,14). The van der Waals surface area contributed by atoms with E-state index >= 15 is 0 Å². The van der Waals surface area contributed by atoms with E-state index in [1.807, 2.05) is 0 Å². The highest BCUT2D eigenvalue weighted by Crippen LogP contribution is 2.29. The predicted octanol–water partition coefficient (Wildman–Crippen LogP) is 2.57. The zero-order chi connectivity index (χ0) is 10.8. The van der Waals surface area contributed by atoms with Crippen molar-refractivity contribution in [2.45, 2.75) is 0 Å². The van der Waals surface area contributed by atoms with Crippen molar-refractivity contribution in [2.24, 2.45) is 0 Å². The quantitative estimate of drug-likeness (QED) is 0.857. The molecule has 0 bridgehead atoms. The van der Waals surface area contributed by atoms with Gasteiger partial charge in [-0.05, 0) is 12.1 Å². The van der Waals surface area contributed by atoms with Crippen LogP contribution in [0.3, 0.4) is 0 Å². The first kappa shape index (κ1) is 9.92. The third-order valence-electron chi connectivity index (χ3n) is 1.82. The van der Waals surface area contributed by atoms with Crippen LogP contribution in [-0.2, 0) is 0 Å². The molecule has 0 radical (unpaired) electrons. The molecule has 0 aliphatic heterocycles. The molecule has 1 aromatic carbocycles. The molecule has 0 saturated carbocycles. The lowest BCUT2D eigenvalue weighted by Gasteiger charge is -1.99. The van der Waals surface area contributed by atoms with Gasteiger partial charge in [0, 0.05) is 7.05 Å². The van der Waals surface area contributed by atoms with E-state index < -0.39 is 5.82 Å². The van der Waals surface area contributed by atoms with Gasteiger partial charge in [0.1, 0.15) is 5.82 Å². The summed E-state index contributed by atoms with van der Waals surface area (Å²) in [6, 6.07) is 4.56. The van der Waals surface area contributed by atoms with E-state index in [9.17, 15) is 4.39 Å². The molecule has 15 heavy (non-hydrogen) atoms. The lowest BCUT2D eigenvalue weighted by atomic mass is 10.2. The third kappa shape index (κ3) is 1.78. The summed E-state index contributed by atoms with van der Waals surface area (Å²) in [5.74, 6) is -0.434. The Kier molecular flexibility index (Phi) is 2.55. The number of hydrogen-bond donors (Lipinski definition) is 1. The van der Waals surface area contributed by atoms with E-state index in [-0.39, 0.29) is 22.5 Å². The van der Waals surface area contributed by atoms with Crippen LogP contribution in [0.4, 0.5) is 10.4 Å². The monoisotopic (exact) mass is 227 g/mol. The molecular weight excluding hydrogens is 221 g/mol. The van der Waals surface area contributed by atoms with Crippen molar-refractivity contribution in [3.63, 3.8) is 0 Å². The van der Waals surface area contributed by atoms with E-state index in [0.717, 1.165) is 0 Å². The molecule has 0 aliphatic carbocycles. The molecule has 1 aromatic heterocycles. The van der Waals surface area contributed by atoms with Crippen LogP contribution in [0.15, 0.2) is 22.6 Å². The molecule has 0 unspecified atom stereocenters. The fourth-order valence-electron chi connectivity index (χ4n) is 1.13. The summed E-state index contributed by atoms with van der Waals surface area (Å²) in [6.07, 6.45) is 0. The van der Waals surface area contributed by atoms with Gasteiger partial charge in [0.2, 0.25) is 0 Å². The van der Waals surface area contributed by atoms with Gasteiger partial charge < -0.3 is 9.73 Å². The molecule has 1 heterocycles.